The molecule has 0 radical (unpaired) electrons. The van der Waals surface area contributed by atoms with Crippen LogP contribution in [0.1, 0.15) is 32.1 Å². The molecule has 0 unspecified atom stereocenters. The fourth-order valence-electron chi connectivity index (χ4n) is 3.65. The molecule has 1 saturated heterocycles. The number of carbonyl (C=O) groups is 2. The summed E-state index contributed by atoms with van der Waals surface area (Å²) < 4.78 is 0. The molecular formula is C22H20ClN5O2. The van der Waals surface area contributed by atoms with Crippen molar-refractivity contribution in [1.29, 1.82) is 5.26 Å². The van der Waals surface area contributed by atoms with E-state index in [2.05, 4.69) is 33.2 Å². The lowest BCUT2D eigenvalue weighted by atomic mass is 9.96. The second kappa shape index (κ2) is 7.90. The normalized spacial score (nSPS) is 17.1. The van der Waals surface area contributed by atoms with Crippen LogP contribution in [-0.2, 0) is 0 Å². The summed E-state index contributed by atoms with van der Waals surface area (Å²) in [4.78, 5) is 34.1. The Bertz CT molecular complexity index is 1130. The van der Waals surface area contributed by atoms with E-state index in [4.69, 9.17) is 11.6 Å². The first kappa shape index (κ1) is 20.1. The van der Waals surface area contributed by atoms with Gasteiger partial charge in [0.1, 0.15) is 22.5 Å². The quantitative estimate of drug-likeness (QED) is 0.814. The van der Waals surface area contributed by atoms with Crippen LogP contribution >= 0.6 is 11.6 Å². The highest BCUT2D eigenvalue weighted by atomic mass is 35.5. The summed E-state index contributed by atoms with van der Waals surface area (Å²) in [7, 11) is 2.07. The van der Waals surface area contributed by atoms with Crippen molar-refractivity contribution in [3.63, 3.8) is 0 Å². The minimum absolute atomic E-state index is 0.00365. The molecule has 2 heterocycles. The average molecular weight is 422 g/mol. The van der Waals surface area contributed by atoms with Crippen LogP contribution in [0.15, 0.2) is 41.1 Å². The number of rotatable bonds is 3. The second-order valence-corrected chi connectivity index (χ2v) is 7.83. The molecule has 152 valence electrons. The van der Waals surface area contributed by atoms with Gasteiger partial charge in [-0.2, -0.15) is 5.26 Å². The SMILES string of the molecule is Cc1ccc2c(n1)C(=O)C(Cl)=C(Nc1ccc(N3CCN(C)CC3)c(C#N)c1)C2=O. The first-order chi connectivity index (χ1) is 14.4. The molecule has 0 bridgehead atoms. The van der Waals surface area contributed by atoms with E-state index in [1.165, 1.54) is 0 Å². The van der Waals surface area contributed by atoms with E-state index in [0.29, 0.717) is 16.9 Å². The molecule has 0 atom stereocenters. The zero-order chi connectivity index (χ0) is 21.4. The number of piperazine rings is 1. The minimum Gasteiger partial charge on any atom is -0.368 e. The third-order valence-electron chi connectivity index (χ3n) is 5.37. The molecular weight excluding hydrogens is 402 g/mol. The number of benzene rings is 1. The monoisotopic (exact) mass is 421 g/mol. The van der Waals surface area contributed by atoms with Gasteiger partial charge in [-0.3, -0.25) is 9.59 Å². The Labute approximate surface area is 179 Å². The van der Waals surface area contributed by atoms with E-state index in [1.54, 1.807) is 31.2 Å². The number of halogens is 1. The Morgan fingerprint density at radius 2 is 1.83 bits per heavy atom. The van der Waals surface area contributed by atoms with E-state index >= 15 is 0 Å². The summed E-state index contributed by atoms with van der Waals surface area (Å²) in [6.45, 7) is 5.28. The van der Waals surface area contributed by atoms with Crippen molar-refractivity contribution in [3.05, 3.63) is 63.6 Å². The van der Waals surface area contributed by atoms with Crippen LogP contribution in [-0.4, -0.2) is 54.7 Å². The molecule has 1 aliphatic carbocycles. The largest absolute Gasteiger partial charge is 0.368 e. The van der Waals surface area contributed by atoms with Crippen molar-refractivity contribution in [2.45, 2.75) is 6.92 Å². The molecule has 1 aromatic carbocycles. The van der Waals surface area contributed by atoms with Gasteiger partial charge < -0.3 is 15.1 Å². The third kappa shape index (κ3) is 3.56. The number of allylic oxidation sites excluding steroid dienone is 2. The Kier molecular flexibility index (Phi) is 5.29. The van der Waals surface area contributed by atoms with Gasteiger partial charge in [-0.1, -0.05) is 11.6 Å². The predicted molar refractivity (Wildman–Crippen MR) is 115 cm³/mol. The van der Waals surface area contributed by atoms with E-state index in [-0.39, 0.29) is 22.0 Å². The van der Waals surface area contributed by atoms with Crippen molar-refractivity contribution < 1.29 is 9.59 Å². The number of hydrogen-bond donors (Lipinski definition) is 1. The highest BCUT2D eigenvalue weighted by Crippen LogP contribution is 2.31. The van der Waals surface area contributed by atoms with E-state index in [1.807, 2.05) is 6.07 Å². The van der Waals surface area contributed by atoms with Crippen molar-refractivity contribution in [2.24, 2.45) is 0 Å². The molecule has 2 aliphatic rings. The summed E-state index contributed by atoms with van der Waals surface area (Å²) in [6.07, 6.45) is 0. The molecule has 8 heteroatoms. The molecule has 1 N–H and O–H groups in total. The predicted octanol–water partition coefficient (Wildman–Crippen LogP) is 2.96. The molecule has 4 rings (SSSR count). The molecule has 0 amide bonds. The number of ketones is 2. The van der Waals surface area contributed by atoms with Gasteiger partial charge >= 0.3 is 0 Å². The maximum absolute atomic E-state index is 12.9. The van der Waals surface area contributed by atoms with Crippen molar-refractivity contribution in [3.8, 4) is 6.07 Å². The first-order valence-electron chi connectivity index (χ1n) is 9.60. The first-order valence-corrected chi connectivity index (χ1v) is 9.98. The summed E-state index contributed by atoms with van der Waals surface area (Å²) in [5.41, 5.74) is 2.78. The highest BCUT2D eigenvalue weighted by Gasteiger charge is 2.33. The number of pyridine rings is 1. The zero-order valence-electron chi connectivity index (χ0n) is 16.7. The topological polar surface area (TPSA) is 89.3 Å². The zero-order valence-corrected chi connectivity index (χ0v) is 17.5. The van der Waals surface area contributed by atoms with Crippen LogP contribution in [0, 0.1) is 18.3 Å². The van der Waals surface area contributed by atoms with Crippen molar-refractivity contribution in [2.75, 3.05) is 43.4 Å². The lowest BCUT2D eigenvalue weighted by molar-refractivity contribution is 0.0978. The Morgan fingerprint density at radius 1 is 1.10 bits per heavy atom. The minimum atomic E-state index is -0.493. The van der Waals surface area contributed by atoms with Gasteiger partial charge in [0.25, 0.3) is 0 Å². The lowest BCUT2D eigenvalue weighted by Gasteiger charge is -2.34. The summed E-state index contributed by atoms with van der Waals surface area (Å²) in [5, 5.41) is 12.4. The number of nitrogens with zero attached hydrogens (tertiary/aromatic N) is 4. The van der Waals surface area contributed by atoms with E-state index < -0.39 is 11.6 Å². The smallest absolute Gasteiger partial charge is 0.225 e. The van der Waals surface area contributed by atoms with Crippen LogP contribution in [0.3, 0.4) is 0 Å². The average Bonchev–Trinajstić information content (AvgIpc) is 2.75. The fourth-order valence-corrected chi connectivity index (χ4v) is 3.87. The standard InChI is InChI=1S/C22H20ClN5O2/c1-13-3-5-16-19(25-13)22(30)18(23)20(21(16)29)26-15-4-6-17(14(11-15)12-24)28-9-7-27(2)8-10-28/h3-6,11,26H,7-10H2,1-2H3. The molecule has 1 aromatic heterocycles. The van der Waals surface area contributed by atoms with Gasteiger partial charge in [0.2, 0.25) is 11.6 Å². The number of aryl methyl sites for hydroxylation is 1. The Balaban J connectivity index is 1.64. The number of nitrogens with one attached hydrogen (secondary N) is 1. The molecule has 1 aliphatic heterocycles. The maximum Gasteiger partial charge on any atom is 0.225 e. The number of hydrogen-bond acceptors (Lipinski definition) is 7. The Morgan fingerprint density at radius 3 is 2.53 bits per heavy atom. The Hall–Kier alpha value is -3.21. The summed E-state index contributed by atoms with van der Waals surface area (Å²) in [5.74, 6) is -0.893. The van der Waals surface area contributed by atoms with Crippen LogP contribution < -0.4 is 10.2 Å². The van der Waals surface area contributed by atoms with Crippen molar-refractivity contribution >= 4 is 34.5 Å². The second-order valence-electron chi connectivity index (χ2n) is 7.46. The van der Waals surface area contributed by atoms with Gasteiger partial charge in [-0.15, -0.1) is 0 Å². The van der Waals surface area contributed by atoms with Crippen LogP contribution in [0.5, 0.6) is 0 Å². The number of likely N-dealkylation sites (N-methyl/N-ethyl adjacent to an activating group) is 1. The maximum atomic E-state index is 12.9. The van der Waals surface area contributed by atoms with E-state index in [9.17, 15) is 14.9 Å². The molecule has 0 saturated carbocycles. The van der Waals surface area contributed by atoms with E-state index in [0.717, 1.165) is 31.9 Å². The van der Waals surface area contributed by atoms with Crippen LogP contribution in [0.4, 0.5) is 11.4 Å². The van der Waals surface area contributed by atoms with Crippen molar-refractivity contribution in [1.82, 2.24) is 9.88 Å². The number of nitriles is 1. The number of anilines is 2. The summed E-state index contributed by atoms with van der Waals surface area (Å²) in [6, 6.07) is 10.8. The summed E-state index contributed by atoms with van der Waals surface area (Å²) >= 11 is 6.23. The number of carbonyl (C=O) groups excluding carboxylic acids is 2. The molecule has 1 fully saturated rings. The lowest BCUT2D eigenvalue weighted by Crippen LogP contribution is -2.44. The van der Waals surface area contributed by atoms with Gasteiger partial charge in [0.05, 0.1) is 16.8 Å². The third-order valence-corrected chi connectivity index (χ3v) is 5.73. The molecule has 0 spiro atoms. The van der Waals surface area contributed by atoms with Gasteiger partial charge in [0.15, 0.2) is 0 Å². The fraction of sp³-hybridized carbons (Fsp3) is 0.273. The van der Waals surface area contributed by atoms with Gasteiger partial charge in [-0.05, 0) is 44.3 Å². The van der Waals surface area contributed by atoms with Gasteiger partial charge in [0, 0.05) is 37.6 Å². The van der Waals surface area contributed by atoms with Crippen LogP contribution in [0.2, 0.25) is 0 Å². The number of fused-ring (bicyclic) bond motifs is 1. The van der Waals surface area contributed by atoms with Crippen LogP contribution in [0.25, 0.3) is 0 Å². The van der Waals surface area contributed by atoms with Gasteiger partial charge in [-0.25, -0.2) is 4.98 Å². The number of Topliss-reactive ketones (excluding diaryl/α,β-unsaturated/α-hetero) is 2. The molecule has 2 aromatic rings. The molecule has 7 nitrogen and oxygen atoms in total. The highest BCUT2D eigenvalue weighted by molar-refractivity contribution is 6.50. The number of aromatic nitrogens is 1. The molecule has 30 heavy (non-hydrogen) atoms.